The Morgan fingerprint density at radius 1 is 0.885 bits per heavy atom. The average Bonchev–Trinajstić information content (AvgIpc) is 2.60. The van der Waals surface area contributed by atoms with Crippen LogP contribution in [0, 0.1) is 0 Å². The van der Waals surface area contributed by atoms with E-state index in [1.54, 1.807) is 24.3 Å². The topological polar surface area (TPSA) is 58.2 Å². The fraction of sp³-hybridized carbons (Fsp3) is 0.222. The molecule has 0 radical (unpaired) electrons. The van der Waals surface area contributed by atoms with Gasteiger partial charge in [0.05, 0.1) is 12.0 Å². The van der Waals surface area contributed by atoms with E-state index >= 15 is 0 Å². The van der Waals surface area contributed by atoms with Crippen molar-refractivity contribution >= 4 is 23.4 Å². The van der Waals surface area contributed by atoms with Crippen molar-refractivity contribution in [2.45, 2.75) is 12.6 Å². The first-order chi connectivity index (χ1) is 12.3. The minimum atomic E-state index is -4.44. The Kier molecular flexibility index (Phi) is 6.63. The van der Waals surface area contributed by atoms with Gasteiger partial charge < -0.3 is 10.6 Å². The van der Waals surface area contributed by atoms with Crippen LogP contribution in [0.3, 0.4) is 0 Å². The van der Waals surface area contributed by atoms with Crippen LogP contribution < -0.4 is 10.6 Å². The summed E-state index contributed by atoms with van der Waals surface area (Å²) >= 11 is 5.77. The predicted molar refractivity (Wildman–Crippen MR) is 91.9 cm³/mol. The van der Waals surface area contributed by atoms with E-state index in [1.807, 2.05) is 0 Å². The van der Waals surface area contributed by atoms with E-state index in [0.717, 1.165) is 29.8 Å². The number of hydrogen-bond donors (Lipinski definition) is 2. The highest BCUT2D eigenvalue weighted by atomic mass is 35.5. The molecule has 0 saturated carbocycles. The Bertz CT molecular complexity index is 760. The SMILES string of the molecule is O=C(Cc1ccc(Cl)cc1)NCCNC(=O)c1ccc(C(F)(F)F)cc1. The fourth-order valence-electron chi connectivity index (χ4n) is 2.14. The number of amides is 2. The van der Waals surface area contributed by atoms with Gasteiger partial charge in [-0.3, -0.25) is 9.59 Å². The van der Waals surface area contributed by atoms with Gasteiger partial charge in [0.1, 0.15) is 0 Å². The van der Waals surface area contributed by atoms with Crippen LogP contribution in [-0.2, 0) is 17.4 Å². The van der Waals surface area contributed by atoms with Crippen molar-refractivity contribution in [3.05, 3.63) is 70.2 Å². The van der Waals surface area contributed by atoms with Crippen LogP contribution in [0.1, 0.15) is 21.5 Å². The van der Waals surface area contributed by atoms with Crippen LogP contribution in [0.15, 0.2) is 48.5 Å². The van der Waals surface area contributed by atoms with Crippen LogP contribution in [0.2, 0.25) is 5.02 Å². The summed E-state index contributed by atoms with van der Waals surface area (Å²) in [5, 5.41) is 5.76. The van der Waals surface area contributed by atoms with Crippen LogP contribution >= 0.6 is 11.6 Å². The minimum absolute atomic E-state index is 0.116. The lowest BCUT2D eigenvalue weighted by Crippen LogP contribution is -2.35. The molecule has 2 aromatic carbocycles. The molecule has 4 nitrogen and oxygen atoms in total. The number of alkyl halides is 3. The molecule has 0 spiro atoms. The van der Waals surface area contributed by atoms with Crippen molar-refractivity contribution in [3.63, 3.8) is 0 Å². The van der Waals surface area contributed by atoms with E-state index in [2.05, 4.69) is 10.6 Å². The molecule has 0 fully saturated rings. The second-order valence-electron chi connectivity index (χ2n) is 5.48. The van der Waals surface area contributed by atoms with Crippen LogP contribution in [0.4, 0.5) is 13.2 Å². The summed E-state index contributed by atoms with van der Waals surface area (Å²) in [5.74, 6) is -0.721. The van der Waals surface area contributed by atoms with Crippen LogP contribution in [0.5, 0.6) is 0 Å². The van der Waals surface area contributed by atoms with Gasteiger partial charge in [0.25, 0.3) is 5.91 Å². The maximum absolute atomic E-state index is 12.5. The molecule has 0 aliphatic carbocycles. The standard InChI is InChI=1S/C18H16ClF3N2O2/c19-15-7-1-12(2-8-15)11-16(25)23-9-10-24-17(26)13-3-5-14(6-4-13)18(20,21)22/h1-8H,9-11H2,(H,23,25)(H,24,26). The summed E-state index contributed by atoms with van der Waals surface area (Å²) in [4.78, 5) is 23.6. The van der Waals surface area contributed by atoms with Crippen LogP contribution in [0.25, 0.3) is 0 Å². The number of hydrogen-bond acceptors (Lipinski definition) is 2. The van der Waals surface area contributed by atoms with E-state index in [4.69, 9.17) is 11.6 Å². The van der Waals surface area contributed by atoms with Gasteiger partial charge in [-0.05, 0) is 42.0 Å². The third kappa shape index (κ3) is 6.07. The molecule has 0 aromatic heterocycles. The molecule has 26 heavy (non-hydrogen) atoms. The summed E-state index contributed by atoms with van der Waals surface area (Å²) in [5.41, 5.74) is 0.106. The first-order valence-electron chi connectivity index (χ1n) is 7.72. The van der Waals surface area contributed by atoms with Crippen molar-refractivity contribution in [2.75, 3.05) is 13.1 Å². The van der Waals surface area contributed by atoms with Gasteiger partial charge in [-0.25, -0.2) is 0 Å². The monoisotopic (exact) mass is 384 g/mol. The quantitative estimate of drug-likeness (QED) is 0.749. The predicted octanol–water partition coefficient (Wildman–Crippen LogP) is 3.45. The van der Waals surface area contributed by atoms with Crippen molar-refractivity contribution in [1.82, 2.24) is 10.6 Å². The summed E-state index contributed by atoms with van der Waals surface area (Å²) < 4.78 is 37.4. The van der Waals surface area contributed by atoms with Gasteiger partial charge in [0, 0.05) is 23.7 Å². The lowest BCUT2D eigenvalue weighted by atomic mass is 10.1. The number of halogens is 4. The molecule has 2 amide bonds. The largest absolute Gasteiger partial charge is 0.416 e. The maximum atomic E-state index is 12.5. The third-order valence-electron chi connectivity index (χ3n) is 3.49. The molecule has 0 atom stereocenters. The first kappa shape index (κ1) is 19.8. The number of rotatable bonds is 6. The Morgan fingerprint density at radius 3 is 2.04 bits per heavy atom. The maximum Gasteiger partial charge on any atom is 0.416 e. The van der Waals surface area contributed by atoms with Crippen molar-refractivity contribution in [3.8, 4) is 0 Å². The van der Waals surface area contributed by atoms with Gasteiger partial charge in [-0.2, -0.15) is 13.2 Å². The second kappa shape index (κ2) is 8.71. The van der Waals surface area contributed by atoms with Gasteiger partial charge in [0.15, 0.2) is 0 Å². The smallest absolute Gasteiger partial charge is 0.354 e. The van der Waals surface area contributed by atoms with E-state index in [-0.39, 0.29) is 31.0 Å². The van der Waals surface area contributed by atoms with Gasteiger partial charge in [0.2, 0.25) is 5.91 Å². The minimum Gasteiger partial charge on any atom is -0.354 e. The molecule has 138 valence electrons. The number of carbonyl (C=O) groups excluding carboxylic acids is 2. The molecular formula is C18H16ClF3N2O2. The number of nitrogens with one attached hydrogen (secondary N) is 2. The van der Waals surface area contributed by atoms with E-state index in [0.29, 0.717) is 5.02 Å². The molecule has 0 saturated heterocycles. The highest BCUT2D eigenvalue weighted by molar-refractivity contribution is 6.30. The molecule has 0 bridgehead atoms. The van der Waals surface area contributed by atoms with Gasteiger partial charge >= 0.3 is 6.18 Å². The molecule has 2 N–H and O–H groups in total. The molecule has 2 rings (SSSR count). The summed E-state index contributed by atoms with van der Waals surface area (Å²) in [6, 6.07) is 10.8. The van der Waals surface area contributed by atoms with Crippen LogP contribution in [-0.4, -0.2) is 24.9 Å². The summed E-state index contributed by atoms with van der Waals surface area (Å²) in [7, 11) is 0. The summed E-state index contributed by atoms with van der Waals surface area (Å²) in [6.45, 7) is 0.366. The Labute approximate surface area is 153 Å². The molecule has 0 aliphatic rings. The molecule has 2 aromatic rings. The third-order valence-corrected chi connectivity index (χ3v) is 3.74. The zero-order valence-corrected chi connectivity index (χ0v) is 14.3. The fourth-order valence-corrected chi connectivity index (χ4v) is 2.27. The average molecular weight is 385 g/mol. The normalized spacial score (nSPS) is 11.1. The zero-order valence-electron chi connectivity index (χ0n) is 13.6. The highest BCUT2D eigenvalue weighted by Gasteiger charge is 2.30. The first-order valence-corrected chi connectivity index (χ1v) is 8.10. The van der Waals surface area contributed by atoms with Gasteiger partial charge in [-0.15, -0.1) is 0 Å². The Morgan fingerprint density at radius 2 is 1.46 bits per heavy atom. The lowest BCUT2D eigenvalue weighted by molar-refractivity contribution is -0.137. The second-order valence-corrected chi connectivity index (χ2v) is 5.92. The molecular weight excluding hydrogens is 369 g/mol. The van der Waals surface area contributed by atoms with Crippen molar-refractivity contribution in [2.24, 2.45) is 0 Å². The van der Waals surface area contributed by atoms with Crippen molar-refractivity contribution < 1.29 is 22.8 Å². The Balaban J connectivity index is 1.72. The van der Waals surface area contributed by atoms with Crippen molar-refractivity contribution in [1.29, 1.82) is 0 Å². The zero-order chi connectivity index (χ0) is 19.2. The molecule has 8 heteroatoms. The molecule has 0 aliphatic heterocycles. The number of benzene rings is 2. The van der Waals surface area contributed by atoms with E-state index in [9.17, 15) is 22.8 Å². The molecule has 0 heterocycles. The van der Waals surface area contributed by atoms with E-state index < -0.39 is 17.6 Å². The van der Waals surface area contributed by atoms with Gasteiger partial charge in [-0.1, -0.05) is 23.7 Å². The van der Waals surface area contributed by atoms with E-state index in [1.165, 1.54) is 0 Å². The lowest BCUT2D eigenvalue weighted by Gasteiger charge is -2.09. The number of carbonyl (C=O) groups is 2. The summed E-state index contributed by atoms with van der Waals surface area (Å²) in [6.07, 6.45) is -4.26. The highest BCUT2D eigenvalue weighted by Crippen LogP contribution is 2.29. The molecule has 0 unspecified atom stereocenters. The Hall–Kier alpha value is -2.54.